The highest BCUT2D eigenvalue weighted by atomic mass is 35.5. The van der Waals surface area contributed by atoms with Crippen LogP contribution in [0.5, 0.6) is 0 Å². The molecule has 18 heavy (non-hydrogen) atoms. The van der Waals surface area contributed by atoms with E-state index in [1.807, 2.05) is 6.07 Å². The van der Waals surface area contributed by atoms with E-state index in [1.54, 1.807) is 18.2 Å². The van der Waals surface area contributed by atoms with Gasteiger partial charge in [0.15, 0.2) is 5.69 Å². The molecule has 0 spiro atoms. The topological polar surface area (TPSA) is 62.7 Å². The van der Waals surface area contributed by atoms with E-state index in [-0.39, 0.29) is 5.69 Å². The second-order valence-electron chi connectivity index (χ2n) is 3.49. The molecule has 6 heteroatoms. The average Bonchev–Trinajstić information content (AvgIpc) is 2.35. The van der Waals surface area contributed by atoms with Gasteiger partial charge in [-0.1, -0.05) is 34.8 Å². The zero-order valence-corrected chi connectivity index (χ0v) is 11.2. The summed E-state index contributed by atoms with van der Waals surface area (Å²) < 4.78 is 0. The SMILES string of the molecule is N#Cc1nc(-c2cc(Cl)c(Cl)cc2Cl)ccc1N. The summed E-state index contributed by atoms with van der Waals surface area (Å²) in [6.45, 7) is 0. The fourth-order valence-electron chi connectivity index (χ4n) is 1.43. The van der Waals surface area contributed by atoms with E-state index in [1.165, 1.54) is 6.07 Å². The van der Waals surface area contributed by atoms with Crippen molar-refractivity contribution in [2.75, 3.05) is 5.73 Å². The molecule has 2 aromatic rings. The molecule has 1 aromatic carbocycles. The third-order valence-electron chi connectivity index (χ3n) is 2.32. The molecule has 0 atom stereocenters. The van der Waals surface area contributed by atoms with E-state index in [9.17, 15) is 0 Å². The number of rotatable bonds is 1. The van der Waals surface area contributed by atoms with Crippen molar-refractivity contribution in [1.29, 1.82) is 5.26 Å². The summed E-state index contributed by atoms with van der Waals surface area (Å²) in [5, 5.41) is 10.0. The van der Waals surface area contributed by atoms with Crippen LogP contribution in [0.15, 0.2) is 24.3 Å². The lowest BCUT2D eigenvalue weighted by atomic mass is 10.1. The molecule has 1 aromatic heterocycles. The van der Waals surface area contributed by atoms with Crippen LogP contribution in [-0.4, -0.2) is 4.98 Å². The fraction of sp³-hybridized carbons (Fsp3) is 0. The molecule has 0 saturated carbocycles. The smallest absolute Gasteiger partial charge is 0.164 e. The first-order valence-electron chi connectivity index (χ1n) is 4.84. The zero-order valence-electron chi connectivity index (χ0n) is 8.92. The lowest BCUT2D eigenvalue weighted by Gasteiger charge is -2.07. The molecule has 0 radical (unpaired) electrons. The molecule has 0 aliphatic carbocycles. The van der Waals surface area contributed by atoms with Crippen molar-refractivity contribution in [3.8, 4) is 17.3 Å². The zero-order chi connectivity index (χ0) is 13.3. The van der Waals surface area contributed by atoms with Gasteiger partial charge < -0.3 is 5.73 Å². The number of anilines is 1. The van der Waals surface area contributed by atoms with Crippen molar-refractivity contribution >= 4 is 40.5 Å². The number of hydrogen-bond acceptors (Lipinski definition) is 3. The number of hydrogen-bond donors (Lipinski definition) is 1. The second-order valence-corrected chi connectivity index (χ2v) is 4.71. The maximum Gasteiger partial charge on any atom is 0.164 e. The Morgan fingerprint density at radius 2 is 1.72 bits per heavy atom. The second kappa shape index (κ2) is 5.03. The minimum absolute atomic E-state index is 0.148. The van der Waals surface area contributed by atoms with Gasteiger partial charge in [-0.05, 0) is 24.3 Å². The van der Waals surface area contributed by atoms with Gasteiger partial charge in [0, 0.05) is 5.56 Å². The Balaban J connectivity index is 2.63. The van der Waals surface area contributed by atoms with Crippen LogP contribution in [0.2, 0.25) is 15.1 Å². The molecule has 1 heterocycles. The van der Waals surface area contributed by atoms with Crippen LogP contribution in [0.3, 0.4) is 0 Å². The van der Waals surface area contributed by atoms with Gasteiger partial charge in [-0.3, -0.25) is 0 Å². The van der Waals surface area contributed by atoms with Crippen molar-refractivity contribution in [3.63, 3.8) is 0 Å². The standard InChI is InChI=1S/C12H6Cl3N3/c13-7-4-9(15)8(14)3-6(7)11-2-1-10(17)12(5-16)18-11/h1-4H,17H2. The van der Waals surface area contributed by atoms with Crippen molar-refractivity contribution in [1.82, 2.24) is 4.98 Å². The average molecular weight is 299 g/mol. The largest absolute Gasteiger partial charge is 0.396 e. The summed E-state index contributed by atoms with van der Waals surface area (Å²) in [4.78, 5) is 4.12. The first kappa shape index (κ1) is 13.0. The molecule has 3 nitrogen and oxygen atoms in total. The number of nitriles is 1. The Morgan fingerprint density at radius 1 is 1.06 bits per heavy atom. The molecule has 90 valence electrons. The van der Waals surface area contributed by atoms with Crippen LogP contribution < -0.4 is 5.73 Å². The minimum atomic E-state index is 0.148. The van der Waals surface area contributed by atoms with E-state index >= 15 is 0 Å². The van der Waals surface area contributed by atoms with E-state index in [0.29, 0.717) is 32.0 Å². The highest BCUT2D eigenvalue weighted by Crippen LogP contribution is 2.34. The number of nitrogens with two attached hydrogens (primary N) is 1. The molecule has 2 rings (SSSR count). The normalized spacial score (nSPS) is 10.1. The summed E-state index contributed by atoms with van der Waals surface area (Å²) in [5.74, 6) is 0. The number of nitrogen functional groups attached to an aromatic ring is 1. The van der Waals surface area contributed by atoms with Gasteiger partial charge in [0.25, 0.3) is 0 Å². The Labute approximate surface area is 119 Å². The number of nitrogens with zero attached hydrogens (tertiary/aromatic N) is 2. The molecule has 0 fully saturated rings. The summed E-state index contributed by atoms with van der Waals surface area (Å²) >= 11 is 17.9. The van der Waals surface area contributed by atoms with Gasteiger partial charge in [-0.15, -0.1) is 0 Å². The number of benzene rings is 1. The van der Waals surface area contributed by atoms with Crippen LogP contribution >= 0.6 is 34.8 Å². The van der Waals surface area contributed by atoms with Gasteiger partial charge in [0.05, 0.1) is 26.4 Å². The van der Waals surface area contributed by atoms with E-state index < -0.39 is 0 Å². The minimum Gasteiger partial charge on any atom is -0.396 e. The molecule has 0 aliphatic heterocycles. The van der Waals surface area contributed by atoms with Crippen LogP contribution in [-0.2, 0) is 0 Å². The number of halogens is 3. The van der Waals surface area contributed by atoms with Gasteiger partial charge in [-0.25, -0.2) is 4.98 Å². The van der Waals surface area contributed by atoms with Gasteiger partial charge in [-0.2, -0.15) is 5.26 Å². The predicted octanol–water partition coefficient (Wildman–Crippen LogP) is 4.16. The highest BCUT2D eigenvalue weighted by Gasteiger charge is 2.11. The molecule has 0 aliphatic rings. The van der Waals surface area contributed by atoms with E-state index in [0.717, 1.165) is 0 Å². The first-order chi connectivity index (χ1) is 8.52. The quantitative estimate of drug-likeness (QED) is 0.804. The van der Waals surface area contributed by atoms with Crippen LogP contribution in [0.4, 0.5) is 5.69 Å². The summed E-state index contributed by atoms with van der Waals surface area (Å²) in [5.41, 5.74) is 7.19. The van der Waals surface area contributed by atoms with E-state index in [2.05, 4.69) is 4.98 Å². The van der Waals surface area contributed by atoms with Gasteiger partial charge >= 0.3 is 0 Å². The number of aromatic nitrogens is 1. The van der Waals surface area contributed by atoms with Gasteiger partial charge in [0.1, 0.15) is 6.07 Å². The Hall–Kier alpha value is -1.47. The summed E-state index contributed by atoms with van der Waals surface area (Å²) in [6, 6.07) is 8.31. The molecule has 0 saturated heterocycles. The first-order valence-corrected chi connectivity index (χ1v) is 5.98. The highest BCUT2D eigenvalue weighted by molar-refractivity contribution is 6.44. The number of pyridine rings is 1. The molecule has 0 amide bonds. The molecule has 0 bridgehead atoms. The predicted molar refractivity (Wildman–Crippen MR) is 73.8 cm³/mol. The molecule has 0 unspecified atom stereocenters. The Bertz CT molecular complexity index is 662. The maximum atomic E-state index is 8.89. The van der Waals surface area contributed by atoms with Crippen LogP contribution in [0.1, 0.15) is 5.69 Å². The lowest BCUT2D eigenvalue weighted by molar-refractivity contribution is 1.27. The third-order valence-corrected chi connectivity index (χ3v) is 3.35. The molecular weight excluding hydrogens is 293 g/mol. The maximum absolute atomic E-state index is 8.89. The third kappa shape index (κ3) is 2.37. The van der Waals surface area contributed by atoms with E-state index in [4.69, 9.17) is 45.8 Å². The van der Waals surface area contributed by atoms with Crippen molar-refractivity contribution in [2.45, 2.75) is 0 Å². The van der Waals surface area contributed by atoms with Crippen molar-refractivity contribution in [3.05, 3.63) is 45.0 Å². The summed E-state index contributed by atoms with van der Waals surface area (Å²) in [7, 11) is 0. The van der Waals surface area contributed by atoms with Crippen LogP contribution in [0, 0.1) is 11.3 Å². The fourth-order valence-corrected chi connectivity index (χ4v) is 2.07. The van der Waals surface area contributed by atoms with Crippen molar-refractivity contribution < 1.29 is 0 Å². The monoisotopic (exact) mass is 297 g/mol. The molecule has 2 N–H and O–H groups in total. The van der Waals surface area contributed by atoms with Gasteiger partial charge in [0.2, 0.25) is 0 Å². The van der Waals surface area contributed by atoms with Crippen LogP contribution in [0.25, 0.3) is 11.3 Å². The Morgan fingerprint density at radius 3 is 2.39 bits per heavy atom. The Kier molecular flexibility index (Phi) is 3.63. The summed E-state index contributed by atoms with van der Waals surface area (Å²) in [6.07, 6.45) is 0. The lowest BCUT2D eigenvalue weighted by Crippen LogP contribution is -1.95. The molecular formula is C12H6Cl3N3. The van der Waals surface area contributed by atoms with Crippen molar-refractivity contribution in [2.24, 2.45) is 0 Å².